The molecule has 3 N–H and O–H groups in total. The van der Waals surface area contributed by atoms with Crippen molar-refractivity contribution in [1.29, 1.82) is 5.26 Å². The Morgan fingerprint density at radius 2 is 2.00 bits per heavy atom. The zero-order chi connectivity index (χ0) is 20.5. The second kappa shape index (κ2) is 5.72. The Hall–Kier alpha value is -3.57. The summed E-state index contributed by atoms with van der Waals surface area (Å²) in [6.07, 6.45) is 0. The summed E-state index contributed by atoms with van der Waals surface area (Å²) in [6, 6.07) is 12.3. The number of benzene rings is 2. The predicted molar refractivity (Wildman–Crippen MR) is 108 cm³/mol. The minimum atomic E-state index is -1.75. The number of halogens is 1. The molecule has 1 amide bonds. The highest BCUT2D eigenvalue weighted by Gasteiger charge is 2.59. The quantitative estimate of drug-likeness (QED) is 0.508. The highest BCUT2D eigenvalue weighted by Crippen LogP contribution is 2.54. The predicted octanol–water partition coefficient (Wildman–Crippen LogP) is 3.19. The number of hydrogen-bond donors (Lipinski definition) is 2. The van der Waals surface area contributed by atoms with Crippen molar-refractivity contribution < 1.29 is 13.9 Å². The lowest BCUT2D eigenvalue weighted by atomic mass is 9.69. The summed E-state index contributed by atoms with van der Waals surface area (Å²) in [7, 11) is 0. The van der Waals surface area contributed by atoms with E-state index in [9.17, 15) is 14.9 Å². The van der Waals surface area contributed by atoms with E-state index < -0.39 is 16.9 Å². The van der Waals surface area contributed by atoms with E-state index in [0.717, 1.165) is 10.0 Å². The third-order valence-corrected chi connectivity index (χ3v) is 6.23. The van der Waals surface area contributed by atoms with Gasteiger partial charge in [0.15, 0.2) is 11.2 Å². The van der Waals surface area contributed by atoms with E-state index in [1.54, 1.807) is 36.4 Å². The van der Waals surface area contributed by atoms with Crippen LogP contribution >= 0.6 is 15.9 Å². The Morgan fingerprint density at radius 3 is 2.76 bits per heavy atom. The summed E-state index contributed by atoms with van der Waals surface area (Å²) in [6.45, 7) is 1.85. The van der Waals surface area contributed by atoms with Crippen LogP contribution in [-0.2, 0) is 10.2 Å². The molecular formula is C21H12BrN3O4. The number of nitrogens with one attached hydrogen (secondary N) is 1. The first-order valence-corrected chi connectivity index (χ1v) is 9.45. The van der Waals surface area contributed by atoms with E-state index in [-0.39, 0.29) is 22.8 Å². The Labute approximate surface area is 172 Å². The monoisotopic (exact) mass is 449 g/mol. The lowest BCUT2D eigenvalue weighted by Crippen LogP contribution is -2.45. The molecule has 29 heavy (non-hydrogen) atoms. The first-order chi connectivity index (χ1) is 13.9. The van der Waals surface area contributed by atoms with E-state index in [4.69, 9.17) is 14.9 Å². The number of nitrogens with zero attached hydrogens (tertiary/aromatic N) is 1. The third-order valence-electron chi connectivity index (χ3n) is 5.38. The van der Waals surface area contributed by atoms with Gasteiger partial charge in [0.2, 0.25) is 11.8 Å². The average Bonchev–Trinajstić information content (AvgIpc) is 2.94. The number of rotatable bonds is 0. The largest absolute Gasteiger partial charge is 0.439 e. The van der Waals surface area contributed by atoms with Gasteiger partial charge in [0.1, 0.15) is 22.8 Å². The molecule has 0 fully saturated rings. The fourth-order valence-electron chi connectivity index (χ4n) is 4.09. The molecular weight excluding hydrogens is 438 g/mol. The summed E-state index contributed by atoms with van der Waals surface area (Å²) in [4.78, 5) is 26.5. The van der Waals surface area contributed by atoms with Gasteiger partial charge in [0.05, 0.1) is 5.39 Å². The van der Waals surface area contributed by atoms with Crippen LogP contribution in [-0.4, -0.2) is 5.91 Å². The normalized spacial score (nSPS) is 19.6. The topological polar surface area (TPSA) is 118 Å². The van der Waals surface area contributed by atoms with Crippen molar-refractivity contribution in [3.63, 3.8) is 0 Å². The number of ether oxygens (including phenoxy) is 1. The number of nitrogens with two attached hydrogens (primary N) is 1. The second-order valence-electron chi connectivity index (χ2n) is 6.89. The minimum absolute atomic E-state index is 0.0556. The Morgan fingerprint density at radius 1 is 1.24 bits per heavy atom. The molecule has 0 radical (unpaired) electrons. The molecule has 2 aliphatic heterocycles. The number of carbonyl (C=O) groups excluding carboxylic acids is 1. The maximum atomic E-state index is 13.4. The Balaban J connectivity index is 2.02. The molecule has 3 aromatic rings. The molecule has 0 saturated heterocycles. The molecule has 0 saturated carbocycles. The minimum Gasteiger partial charge on any atom is -0.439 e. The zero-order valence-electron chi connectivity index (χ0n) is 15.0. The van der Waals surface area contributed by atoms with Crippen molar-refractivity contribution in [3.05, 3.63) is 79.4 Å². The highest BCUT2D eigenvalue weighted by molar-refractivity contribution is 9.10. The SMILES string of the molecule is Cc1cc2c(cc1Br)NC(=O)[C@@]21C(C#N)=C(N)Oc2c1c(=O)oc1ccccc21. The summed E-state index contributed by atoms with van der Waals surface area (Å²) >= 11 is 3.45. The van der Waals surface area contributed by atoms with Crippen LogP contribution in [0.1, 0.15) is 16.7 Å². The van der Waals surface area contributed by atoms with E-state index in [1.807, 2.05) is 13.0 Å². The fraction of sp³-hybridized carbons (Fsp3) is 0.0952. The number of nitriles is 1. The summed E-state index contributed by atoms with van der Waals surface area (Å²) in [5, 5.41) is 13.2. The molecule has 1 aromatic heterocycles. The maximum Gasteiger partial charge on any atom is 0.345 e. The van der Waals surface area contributed by atoms with E-state index in [2.05, 4.69) is 21.2 Å². The van der Waals surface area contributed by atoms with Crippen LogP contribution in [0.15, 0.2) is 61.5 Å². The molecule has 7 nitrogen and oxygen atoms in total. The van der Waals surface area contributed by atoms with Gasteiger partial charge in [-0.1, -0.05) is 34.1 Å². The van der Waals surface area contributed by atoms with Crippen LogP contribution in [0.3, 0.4) is 0 Å². The van der Waals surface area contributed by atoms with Gasteiger partial charge >= 0.3 is 5.63 Å². The van der Waals surface area contributed by atoms with Gasteiger partial charge in [-0.15, -0.1) is 0 Å². The molecule has 1 spiro atoms. The second-order valence-corrected chi connectivity index (χ2v) is 7.75. The van der Waals surface area contributed by atoms with Crippen LogP contribution in [0, 0.1) is 18.3 Å². The molecule has 2 aromatic carbocycles. The van der Waals surface area contributed by atoms with E-state index in [1.165, 1.54) is 0 Å². The first-order valence-electron chi connectivity index (χ1n) is 8.66. The molecule has 0 bridgehead atoms. The lowest BCUT2D eigenvalue weighted by Gasteiger charge is -2.32. The molecule has 5 rings (SSSR count). The molecule has 1 atom stereocenters. The third kappa shape index (κ3) is 2.05. The summed E-state index contributed by atoms with van der Waals surface area (Å²) in [5.41, 5.74) is 5.44. The van der Waals surface area contributed by atoms with Gasteiger partial charge in [0.25, 0.3) is 0 Å². The first kappa shape index (κ1) is 17.5. The molecule has 0 unspecified atom stereocenters. The average molecular weight is 450 g/mol. The molecule has 2 aliphatic rings. The van der Waals surface area contributed by atoms with Gasteiger partial charge in [-0.3, -0.25) is 4.79 Å². The number of anilines is 1. The lowest BCUT2D eigenvalue weighted by molar-refractivity contribution is -0.118. The van der Waals surface area contributed by atoms with Crippen molar-refractivity contribution in [1.82, 2.24) is 0 Å². The maximum absolute atomic E-state index is 13.4. The van der Waals surface area contributed by atoms with E-state index >= 15 is 0 Å². The molecule has 142 valence electrons. The van der Waals surface area contributed by atoms with Gasteiger partial charge in [0, 0.05) is 15.7 Å². The Bertz CT molecular complexity index is 1400. The summed E-state index contributed by atoms with van der Waals surface area (Å²) in [5.74, 6) is -0.659. The van der Waals surface area contributed by atoms with Crippen molar-refractivity contribution in [2.45, 2.75) is 12.3 Å². The van der Waals surface area contributed by atoms with Gasteiger partial charge in [-0.05, 0) is 30.7 Å². The van der Waals surface area contributed by atoms with E-state index in [0.29, 0.717) is 22.2 Å². The number of fused-ring (bicyclic) bond motifs is 6. The smallest absolute Gasteiger partial charge is 0.345 e. The highest BCUT2D eigenvalue weighted by atomic mass is 79.9. The van der Waals surface area contributed by atoms with Crippen LogP contribution in [0.4, 0.5) is 5.69 Å². The molecule has 0 aliphatic carbocycles. The molecule has 3 heterocycles. The number of carbonyl (C=O) groups is 1. The van der Waals surface area contributed by atoms with Gasteiger partial charge in [-0.2, -0.15) is 5.26 Å². The van der Waals surface area contributed by atoms with Crippen molar-refractivity contribution in [2.75, 3.05) is 5.32 Å². The van der Waals surface area contributed by atoms with Crippen molar-refractivity contribution in [2.24, 2.45) is 5.73 Å². The van der Waals surface area contributed by atoms with Crippen LogP contribution in [0.25, 0.3) is 11.0 Å². The van der Waals surface area contributed by atoms with Crippen molar-refractivity contribution in [3.8, 4) is 11.8 Å². The fourth-order valence-corrected chi connectivity index (χ4v) is 4.43. The molecule has 8 heteroatoms. The van der Waals surface area contributed by atoms with Gasteiger partial charge in [-0.25, -0.2) is 4.79 Å². The number of amides is 1. The number of hydrogen-bond acceptors (Lipinski definition) is 6. The Kier molecular flexibility index (Phi) is 3.46. The van der Waals surface area contributed by atoms with Crippen molar-refractivity contribution >= 4 is 38.5 Å². The van der Waals surface area contributed by atoms with Crippen LogP contribution in [0.5, 0.6) is 5.75 Å². The number of aryl methyl sites for hydroxylation is 1. The summed E-state index contributed by atoms with van der Waals surface area (Å²) < 4.78 is 12.0. The van der Waals surface area contributed by atoms with Crippen LogP contribution < -0.4 is 21.4 Å². The van der Waals surface area contributed by atoms with Gasteiger partial charge < -0.3 is 20.2 Å². The standard InChI is InChI=1S/C21H12BrN3O4/c1-9-6-11-14(7-13(9)22)25-20(27)21(11)12(8-23)18(24)29-17-10-4-2-3-5-15(10)28-19(26)16(17)21/h2-7H,24H2,1H3,(H,25,27)/t21-/m1/s1. The van der Waals surface area contributed by atoms with Crippen LogP contribution in [0.2, 0.25) is 0 Å². The number of para-hydroxylation sites is 1. The zero-order valence-corrected chi connectivity index (χ0v) is 16.6.